The zero-order valence-electron chi connectivity index (χ0n) is 16.0. The van der Waals surface area contributed by atoms with Gasteiger partial charge in [-0.05, 0) is 34.9 Å². The summed E-state index contributed by atoms with van der Waals surface area (Å²) >= 11 is 0. The van der Waals surface area contributed by atoms with Gasteiger partial charge in [0.15, 0.2) is 0 Å². The van der Waals surface area contributed by atoms with Crippen LogP contribution in [0, 0.1) is 11.3 Å². The maximum Gasteiger partial charge on any atom is 0.326 e. The summed E-state index contributed by atoms with van der Waals surface area (Å²) in [5, 5.41) is 9.70. The van der Waals surface area contributed by atoms with E-state index in [9.17, 15) is 14.9 Å². The van der Waals surface area contributed by atoms with Gasteiger partial charge in [0, 0.05) is 0 Å². The number of ether oxygens (including phenoxy) is 1. The number of hydrogen-bond donors (Lipinski definition) is 0. The molecule has 0 unspecified atom stereocenters. The third-order valence-corrected chi connectivity index (χ3v) is 4.74. The molecule has 0 saturated heterocycles. The Hall–Kier alpha value is -4.24. The molecule has 0 aliphatic heterocycles. The predicted molar refractivity (Wildman–Crippen MR) is 112 cm³/mol. The standard InChI is InChI=1S/C24H17N3O3/c25-13-19-5-1-2-6-20(19)18-11-9-17(10-12-18)15-30-23(28)14-27-16-26-22-8-4-3-7-21(22)24(27)29/h1-12,16H,14-15H2. The fourth-order valence-corrected chi connectivity index (χ4v) is 3.18. The molecule has 0 saturated carbocycles. The zero-order valence-corrected chi connectivity index (χ0v) is 16.0. The maximum atomic E-state index is 12.5. The van der Waals surface area contributed by atoms with Crippen LogP contribution in [0.1, 0.15) is 11.1 Å². The van der Waals surface area contributed by atoms with Crippen LogP contribution in [-0.4, -0.2) is 15.5 Å². The third kappa shape index (κ3) is 3.96. The molecule has 0 fully saturated rings. The summed E-state index contributed by atoms with van der Waals surface area (Å²) < 4.78 is 6.55. The Bertz CT molecular complexity index is 1320. The van der Waals surface area contributed by atoms with Crippen molar-refractivity contribution in [3.8, 4) is 17.2 Å². The normalized spacial score (nSPS) is 10.5. The van der Waals surface area contributed by atoms with Gasteiger partial charge in [-0.3, -0.25) is 14.2 Å². The first-order valence-corrected chi connectivity index (χ1v) is 9.34. The lowest BCUT2D eigenvalue weighted by atomic mass is 9.99. The topological polar surface area (TPSA) is 85.0 Å². The van der Waals surface area contributed by atoms with Crippen molar-refractivity contribution in [2.24, 2.45) is 0 Å². The summed E-state index contributed by atoms with van der Waals surface area (Å²) in [4.78, 5) is 28.9. The maximum absolute atomic E-state index is 12.5. The second-order valence-electron chi connectivity index (χ2n) is 6.71. The van der Waals surface area contributed by atoms with Gasteiger partial charge in [0.25, 0.3) is 5.56 Å². The van der Waals surface area contributed by atoms with Gasteiger partial charge in [-0.2, -0.15) is 5.26 Å². The van der Waals surface area contributed by atoms with Crippen LogP contribution in [0.4, 0.5) is 0 Å². The molecule has 146 valence electrons. The summed E-state index contributed by atoms with van der Waals surface area (Å²) in [6.45, 7) is -0.112. The van der Waals surface area contributed by atoms with Crippen LogP contribution in [0.3, 0.4) is 0 Å². The Labute approximate surface area is 172 Å². The molecule has 0 amide bonds. The van der Waals surface area contributed by atoms with Gasteiger partial charge < -0.3 is 4.74 Å². The van der Waals surface area contributed by atoms with Crippen molar-refractivity contribution in [2.45, 2.75) is 13.2 Å². The highest BCUT2D eigenvalue weighted by molar-refractivity contribution is 5.77. The average Bonchev–Trinajstić information content (AvgIpc) is 2.80. The van der Waals surface area contributed by atoms with Gasteiger partial charge in [0.2, 0.25) is 0 Å². The largest absolute Gasteiger partial charge is 0.459 e. The average molecular weight is 395 g/mol. The molecule has 4 aromatic rings. The predicted octanol–water partition coefficient (Wildman–Crippen LogP) is 3.68. The quantitative estimate of drug-likeness (QED) is 0.481. The molecule has 0 bridgehead atoms. The lowest BCUT2D eigenvalue weighted by molar-refractivity contribution is -0.145. The molecular weight excluding hydrogens is 378 g/mol. The van der Waals surface area contributed by atoms with Crippen molar-refractivity contribution in [3.05, 3.63) is 101 Å². The summed E-state index contributed by atoms with van der Waals surface area (Å²) in [5.74, 6) is -0.520. The van der Waals surface area contributed by atoms with Crippen molar-refractivity contribution in [1.82, 2.24) is 9.55 Å². The molecule has 0 radical (unpaired) electrons. The Morgan fingerprint density at radius 1 is 1.00 bits per heavy atom. The molecule has 1 heterocycles. The Morgan fingerprint density at radius 3 is 2.53 bits per heavy atom. The highest BCUT2D eigenvalue weighted by atomic mass is 16.5. The molecule has 6 heteroatoms. The molecule has 4 rings (SSSR count). The summed E-state index contributed by atoms with van der Waals surface area (Å²) in [5.41, 5.74) is 3.49. The first-order valence-electron chi connectivity index (χ1n) is 9.34. The van der Waals surface area contributed by atoms with Gasteiger partial charge in [0.05, 0.1) is 28.9 Å². The number of para-hydroxylation sites is 1. The highest BCUT2D eigenvalue weighted by Gasteiger charge is 2.10. The van der Waals surface area contributed by atoms with E-state index in [-0.39, 0.29) is 18.7 Å². The van der Waals surface area contributed by atoms with Gasteiger partial charge >= 0.3 is 5.97 Å². The van der Waals surface area contributed by atoms with Gasteiger partial charge in [-0.1, -0.05) is 54.6 Å². The van der Waals surface area contributed by atoms with E-state index in [2.05, 4.69) is 11.1 Å². The van der Waals surface area contributed by atoms with E-state index < -0.39 is 5.97 Å². The zero-order chi connectivity index (χ0) is 20.9. The number of carbonyl (C=O) groups excluding carboxylic acids is 1. The van der Waals surface area contributed by atoms with E-state index in [0.29, 0.717) is 16.5 Å². The molecule has 0 atom stereocenters. The number of carbonyl (C=O) groups is 1. The second-order valence-corrected chi connectivity index (χ2v) is 6.71. The fraction of sp³-hybridized carbons (Fsp3) is 0.0833. The van der Waals surface area contributed by atoms with Crippen LogP contribution >= 0.6 is 0 Å². The Kier molecular flexibility index (Phi) is 5.35. The number of aromatic nitrogens is 2. The minimum absolute atomic E-state index is 0.0920. The first kappa shape index (κ1) is 19.1. The van der Waals surface area contributed by atoms with E-state index in [1.165, 1.54) is 10.9 Å². The third-order valence-electron chi connectivity index (χ3n) is 4.74. The van der Waals surface area contributed by atoms with Gasteiger partial charge in [0.1, 0.15) is 13.2 Å². The molecule has 0 N–H and O–H groups in total. The number of nitriles is 1. The van der Waals surface area contributed by atoms with Crippen LogP contribution in [-0.2, 0) is 22.7 Å². The summed E-state index contributed by atoms with van der Waals surface area (Å²) in [6, 6.07) is 24.0. The monoisotopic (exact) mass is 395 g/mol. The Morgan fingerprint density at radius 2 is 1.73 bits per heavy atom. The van der Waals surface area contributed by atoms with Crippen molar-refractivity contribution >= 4 is 16.9 Å². The lowest BCUT2D eigenvalue weighted by Gasteiger charge is -2.09. The van der Waals surface area contributed by atoms with Crippen molar-refractivity contribution < 1.29 is 9.53 Å². The number of esters is 1. The number of hydrogen-bond acceptors (Lipinski definition) is 5. The highest BCUT2D eigenvalue weighted by Crippen LogP contribution is 2.23. The number of nitrogens with zero attached hydrogens (tertiary/aromatic N) is 3. The van der Waals surface area contributed by atoms with Gasteiger partial charge in [-0.15, -0.1) is 0 Å². The smallest absolute Gasteiger partial charge is 0.326 e. The van der Waals surface area contributed by atoms with Crippen LogP contribution in [0.5, 0.6) is 0 Å². The van der Waals surface area contributed by atoms with Crippen molar-refractivity contribution in [2.75, 3.05) is 0 Å². The minimum atomic E-state index is -0.520. The SMILES string of the molecule is N#Cc1ccccc1-c1ccc(COC(=O)Cn2cnc3ccccc3c2=O)cc1. The molecule has 0 aliphatic carbocycles. The number of benzene rings is 3. The number of fused-ring (bicyclic) bond motifs is 1. The lowest BCUT2D eigenvalue weighted by Crippen LogP contribution is -2.25. The van der Waals surface area contributed by atoms with E-state index >= 15 is 0 Å². The van der Waals surface area contributed by atoms with Gasteiger partial charge in [-0.25, -0.2) is 4.98 Å². The Balaban J connectivity index is 1.42. The van der Waals surface area contributed by atoms with Crippen LogP contribution in [0.15, 0.2) is 83.9 Å². The summed E-state index contributed by atoms with van der Waals surface area (Å²) in [7, 11) is 0. The van der Waals surface area contributed by atoms with E-state index in [1.807, 2.05) is 42.5 Å². The van der Waals surface area contributed by atoms with Crippen LogP contribution < -0.4 is 5.56 Å². The van der Waals surface area contributed by atoms with E-state index in [1.54, 1.807) is 30.3 Å². The van der Waals surface area contributed by atoms with Crippen LogP contribution in [0.25, 0.3) is 22.0 Å². The molecule has 0 spiro atoms. The molecule has 6 nitrogen and oxygen atoms in total. The minimum Gasteiger partial charge on any atom is -0.459 e. The van der Waals surface area contributed by atoms with E-state index in [0.717, 1.165) is 16.7 Å². The molecule has 30 heavy (non-hydrogen) atoms. The van der Waals surface area contributed by atoms with E-state index in [4.69, 9.17) is 4.74 Å². The number of rotatable bonds is 5. The molecular formula is C24H17N3O3. The summed E-state index contributed by atoms with van der Waals surface area (Å²) in [6.07, 6.45) is 1.35. The molecule has 1 aromatic heterocycles. The fourth-order valence-electron chi connectivity index (χ4n) is 3.18. The first-order chi connectivity index (χ1) is 14.7. The molecule has 0 aliphatic rings. The molecule has 3 aromatic carbocycles. The van der Waals surface area contributed by atoms with Crippen molar-refractivity contribution in [3.63, 3.8) is 0 Å². The van der Waals surface area contributed by atoms with Crippen LogP contribution in [0.2, 0.25) is 0 Å². The second kappa shape index (κ2) is 8.41. The van der Waals surface area contributed by atoms with Crippen molar-refractivity contribution in [1.29, 1.82) is 5.26 Å².